The molecule has 3 rings (SSSR count). The van der Waals surface area contributed by atoms with Crippen LogP contribution in [0.4, 0.5) is 0 Å². The quantitative estimate of drug-likeness (QED) is 0.664. The fourth-order valence-corrected chi connectivity index (χ4v) is 2.32. The number of hydrogen-bond acceptors (Lipinski definition) is 2. The van der Waals surface area contributed by atoms with Crippen LogP contribution in [0, 0.1) is 6.92 Å². The third-order valence-electron chi connectivity index (χ3n) is 2.77. The van der Waals surface area contributed by atoms with Crippen LogP contribution in [0.2, 0.25) is 5.15 Å². The predicted octanol–water partition coefficient (Wildman–Crippen LogP) is 3.59. The molecule has 17 heavy (non-hydrogen) atoms. The molecule has 0 fully saturated rings. The molecule has 0 radical (unpaired) electrons. The SMILES string of the molecule is Cc1nc(Cl)c2[nH]ccc2c1-c1ccccn1. The van der Waals surface area contributed by atoms with Gasteiger partial charge in [-0.2, -0.15) is 0 Å². The minimum atomic E-state index is 0.502. The first-order chi connectivity index (χ1) is 8.27. The number of aromatic nitrogens is 3. The second-order valence-corrected chi connectivity index (χ2v) is 4.20. The van der Waals surface area contributed by atoms with Gasteiger partial charge in [0.25, 0.3) is 0 Å². The molecule has 0 amide bonds. The van der Waals surface area contributed by atoms with Gasteiger partial charge < -0.3 is 4.98 Å². The molecule has 3 nitrogen and oxygen atoms in total. The van der Waals surface area contributed by atoms with Crippen molar-refractivity contribution in [3.63, 3.8) is 0 Å². The molecular weight excluding hydrogens is 234 g/mol. The molecule has 0 aliphatic rings. The summed E-state index contributed by atoms with van der Waals surface area (Å²) in [5, 5.41) is 1.56. The minimum Gasteiger partial charge on any atom is -0.359 e. The summed E-state index contributed by atoms with van der Waals surface area (Å²) in [5.74, 6) is 0. The Kier molecular flexibility index (Phi) is 2.34. The Bertz CT molecular complexity index is 674. The van der Waals surface area contributed by atoms with Gasteiger partial charge >= 0.3 is 0 Å². The van der Waals surface area contributed by atoms with Crippen LogP contribution in [0.25, 0.3) is 22.2 Å². The summed E-state index contributed by atoms with van der Waals surface area (Å²) < 4.78 is 0. The number of rotatable bonds is 1. The van der Waals surface area contributed by atoms with Gasteiger partial charge in [-0.3, -0.25) is 4.98 Å². The maximum atomic E-state index is 6.10. The fourth-order valence-electron chi connectivity index (χ4n) is 2.04. The molecule has 0 atom stereocenters. The molecular formula is C13H10ClN3. The summed E-state index contributed by atoms with van der Waals surface area (Å²) in [5.41, 5.74) is 3.70. The van der Waals surface area contributed by atoms with Gasteiger partial charge in [0.15, 0.2) is 5.15 Å². The molecule has 0 aliphatic heterocycles. The number of fused-ring (bicyclic) bond motifs is 1. The molecule has 0 unspecified atom stereocenters. The Hall–Kier alpha value is -1.87. The van der Waals surface area contributed by atoms with Crippen molar-refractivity contribution in [2.45, 2.75) is 6.92 Å². The van der Waals surface area contributed by atoms with E-state index in [-0.39, 0.29) is 0 Å². The summed E-state index contributed by atoms with van der Waals surface area (Å²) in [6.45, 7) is 1.95. The van der Waals surface area contributed by atoms with Crippen LogP contribution >= 0.6 is 11.6 Å². The van der Waals surface area contributed by atoms with E-state index in [2.05, 4.69) is 15.0 Å². The topological polar surface area (TPSA) is 41.6 Å². The number of nitrogens with zero attached hydrogens (tertiary/aromatic N) is 2. The monoisotopic (exact) mass is 243 g/mol. The predicted molar refractivity (Wildman–Crippen MR) is 69.1 cm³/mol. The first-order valence-corrected chi connectivity index (χ1v) is 5.70. The van der Waals surface area contributed by atoms with E-state index in [4.69, 9.17) is 11.6 Å². The Morgan fingerprint density at radius 3 is 2.88 bits per heavy atom. The van der Waals surface area contributed by atoms with Crippen molar-refractivity contribution >= 4 is 22.5 Å². The van der Waals surface area contributed by atoms with Gasteiger partial charge in [0.2, 0.25) is 0 Å². The van der Waals surface area contributed by atoms with Crippen molar-refractivity contribution in [1.29, 1.82) is 0 Å². The molecule has 0 bridgehead atoms. The van der Waals surface area contributed by atoms with E-state index in [1.165, 1.54) is 0 Å². The lowest BCUT2D eigenvalue weighted by atomic mass is 10.1. The van der Waals surface area contributed by atoms with E-state index in [9.17, 15) is 0 Å². The zero-order valence-electron chi connectivity index (χ0n) is 9.24. The van der Waals surface area contributed by atoms with Crippen molar-refractivity contribution in [2.24, 2.45) is 0 Å². The van der Waals surface area contributed by atoms with Crippen molar-refractivity contribution in [3.05, 3.63) is 47.5 Å². The van der Waals surface area contributed by atoms with E-state index in [0.29, 0.717) is 5.15 Å². The second kappa shape index (κ2) is 3.86. The Morgan fingerprint density at radius 1 is 1.24 bits per heavy atom. The van der Waals surface area contributed by atoms with Crippen molar-refractivity contribution in [3.8, 4) is 11.3 Å². The zero-order valence-corrected chi connectivity index (χ0v) is 9.99. The molecule has 3 aromatic heterocycles. The van der Waals surface area contributed by atoms with Gasteiger partial charge in [-0.1, -0.05) is 17.7 Å². The van der Waals surface area contributed by atoms with Crippen LogP contribution in [0.1, 0.15) is 5.69 Å². The standard InChI is InChI=1S/C13H10ClN3/c1-8-11(10-4-2-3-6-15-10)9-5-7-16-12(9)13(14)17-8/h2-7,16H,1H3. The highest BCUT2D eigenvalue weighted by atomic mass is 35.5. The fraction of sp³-hybridized carbons (Fsp3) is 0.0769. The van der Waals surface area contributed by atoms with Crippen molar-refractivity contribution in [2.75, 3.05) is 0 Å². The summed E-state index contributed by atoms with van der Waals surface area (Å²) in [4.78, 5) is 11.8. The first-order valence-electron chi connectivity index (χ1n) is 5.32. The lowest BCUT2D eigenvalue weighted by Gasteiger charge is -2.07. The maximum absolute atomic E-state index is 6.10. The van der Waals surface area contributed by atoms with Crippen LogP contribution in [-0.4, -0.2) is 15.0 Å². The third kappa shape index (κ3) is 1.59. The van der Waals surface area contributed by atoms with Crippen molar-refractivity contribution < 1.29 is 0 Å². The van der Waals surface area contributed by atoms with E-state index in [0.717, 1.165) is 27.9 Å². The molecule has 0 saturated carbocycles. The zero-order chi connectivity index (χ0) is 11.8. The summed E-state index contributed by atoms with van der Waals surface area (Å²) in [6.07, 6.45) is 3.64. The number of halogens is 1. The second-order valence-electron chi connectivity index (χ2n) is 3.84. The van der Waals surface area contributed by atoms with E-state index in [1.54, 1.807) is 6.20 Å². The van der Waals surface area contributed by atoms with Crippen LogP contribution in [0.3, 0.4) is 0 Å². The molecule has 0 saturated heterocycles. The number of aromatic amines is 1. The number of aryl methyl sites for hydroxylation is 1. The largest absolute Gasteiger partial charge is 0.359 e. The van der Waals surface area contributed by atoms with Gasteiger partial charge in [0.05, 0.1) is 11.2 Å². The molecule has 84 valence electrons. The molecule has 0 spiro atoms. The summed E-state index contributed by atoms with van der Waals surface area (Å²) >= 11 is 6.10. The van der Waals surface area contributed by atoms with Gasteiger partial charge in [0.1, 0.15) is 0 Å². The van der Waals surface area contributed by atoms with Crippen LogP contribution in [-0.2, 0) is 0 Å². The van der Waals surface area contributed by atoms with Crippen LogP contribution < -0.4 is 0 Å². The highest BCUT2D eigenvalue weighted by molar-refractivity contribution is 6.34. The first kappa shape index (κ1) is 10.3. The van der Waals surface area contributed by atoms with Gasteiger partial charge in [-0.05, 0) is 25.1 Å². The maximum Gasteiger partial charge on any atom is 0.153 e. The van der Waals surface area contributed by atoms with Crippen molar-refractivity contribution in [1.82, 2.24) is 15.0 Å². The average Bonchev–Trinajstić information content (AvgIpc) is 2.79. The smallest absolute Gasteiger partial charge is 0.153 e. The molecule has 0 aromatic carbocycles. The van der Waals surface area contributed by atoms with Gasteiger partial charge in [-0.25, -0.2) is 4.98 Å². The van der Waals surface area contributed by atoms with E-state index in [1.807, 2.05) is 37.4 Å². The number of pyridine rings is 2. The summed E-state index contributed by atoms with van der Waals surface area (Å²) in [7, 11) is 0. The summed E-state index contributed by atoms with van der Waals surface area (Å²) in [6, 6.07) is 7.84. The molecule has 1 N–H and O–H groups in total. The highest BCUT2D eigenvalue weighted by Crippen LogP contribution is 2.32. The lowest BCUT2D eigenvalue weighted by Crippen LogP contribution is -1.92. The number of nitrogens with one attached hydrogen (secondary N) is 1. The number of hydrogen-bond donors (Lipinski definition) is 1. The molecule has 3 aromatic rings. The molecule has 0 aliphatic carbocycles. The number of H-pyrrole nitrogens is 1. The average molecular weight is 244 g/mol. The minimum absolute atomic E-state index is 0.502. The van der Waals surface area contributed by atoms with Gasteiger partial charge in [0, 0.05) is 29.0 Å². The van der Waals surface area contributed by atoms with Gasteiger partial charge in [-0.15, -0.1) is 0 Å². The third-order valence-corrected chi connectivity index (χ3v) is 3.04. The van der Waals surface area contributed by atoms with E-state index < -0.39 is 0 Å². The Morgan fingerprint density at radius 2 is 2.12 bits per heavy atom. The molecule has 4 heteroatoms. The Balaban J connectivity index is 2.40. The Labute approximate surface area is 103 Å². The lowest BCUT2D eigenvalue weighted by molar-refractivity contribution is 1.20. The van der Waals surface area contributed by atoms with E-state index >= 15 is 0 Å². The van der Waals surface area contributed by atoms with Crippen LogP contribution in [0.15, 0.2) is 36.7 Å². The van der Waals surface area contributed by atoms with Crippen LogP contribution in [0.5, 0.6) is 0 Å². The normalized spacial score (nSPS) is 10.9. The highest BCUT2D eigenvalue weighted by Gasteiger charge is 2.13. The molecule has 3 heterocycles.